The van der Waals surface area contributed by atoms with Gasteiger partial charge in [0.05, 0.1) is 37.7 Å². The third-order valence-electron chi connectivity index (χ3n) is 2.74. The summed E-state index contributed by atoms with van der Waals surface area (Å²) in [6.45, 7) is 3.76. The molecule has 0 aliphatic heterocycles. The van der Waals surface area contributed by atoms with Gasteiger partial charge in [0, 0.05) is 40.1 Å². The number of hydrogen-bond acceptors (Lipinski definition) is 6. The Morgan fingerprint density at radius 2 is 2.00 bits per heavy atom. The Bertz CT molecular complexity index is 337. The fourth-order valence-electron chi connectivity index (χ4n) is 1.79. The highest BCUT2D eigenvalue weighted by Crippen LogP contribution is 2.01. The number of ether oxygens (including phenoxy) is 2. The smallest absolute Gasteiger partial charge is 0.0862 e. The Morgan fingerprint density at radius 1 is 1.37 bits per heavy atom. The molecule has 7 nitrogen and oxygen atoms in total. The zero-order valence-electron chi connectivity index (χ0n) is 11.7. The fourth-order valence-corrected chi connectivity index (χ4v) is 1.79. The molecule has 0 aliphatic carbocycles. The second kappa shape index (κ2) is 8.87. The maximum Gasteiger partial charge on any atom is 0.0862 e. The first-order chi connectivity index (χ1) is 9.15. The van der Waals surface area contributed by atoms with Crippen LogP contribution in [-0.2, 0) is 16.0 Å². The van der Waals surface area contributed by atoms with E-state index in [0.717, 1.165) is 13.1 Å². The lowest BCUT2D eigenvalue weighted by Crippen LogP contribution is -2.38. The van der Waals surface area contributed by atoms with Gasteiger partial charge >= 0.3 is 0 Å². The number of methoxy groups -OCH3 is 2. The van der Waals surface area contributed by atoms with Crippen molar-refractivity contribution in [2.45, 2.75) is 12.6 Å². The topological polar surface area (TPSA) is 85.8 Å². The van der Waals surface area contributed by atoms with Gasteiger partial charge in [-0.25, -0.2) is 0 Å². The van der Waals surface area contributed by atoms with E-state index in [-0.39, 0.29) is 0 Å². The first kappa shape index (κ1) is 15.9. The summed E-state index contributed by atoms with van der Waals surface area (Å²) in [5.41, 5.74) is 6.18. The monoisotopic (exact) mass is 272 g/mol. The molecular formula is C12H24N4O3. The van der Waals surface area contributed by atoms with Crippen LogP contribution in [0.3, 0.4) is 0 Å². The molecule has 0 saturated heterocycles. The van der Waals surface area contributed by atoms with Crippen molar-refractivity contribution in [2.75, 3.05) is 52.8 Å². The van der Waals surface area contributed by atoms with Gasteiger partial charge in [0.15, 0.2) is 0 Å². The van der Waals surface area contributed by atoms with Crippen LogP contribution >= 0.6 is 0 Å². The number of aliphatic hydroxyl groups is 1. The highest BCUT2D eigenvalue weighted by atomic mass is 16.5. The molecule has 0 saturated carbocycles. The minimum absolute atomic E-state index is 0.424. The lowest BCUT2D eigenvalue weighted by molar-refractivity contribution is 0.0611. The van der Waals surface area contributed by atoms with Crippen molar-refractivity contribution in [3.8, 4) is 0 Å². The Kier molecular flexibility index (Phi) is 7.42. The number of nitrogens with two attached hydrogens (primary N) is 1. The summed E-state index contributed by atoms with van der Waals surface area (Å²) in [5, 5.41) is 14.1. The summed E-state index contributed by atoms with van der Waals surface area (Å²) in [5.74, 6) is 0. The number of nitrogens with zero attached hydrogens (tertiary/aromatic N) is 3. The van der Waals surface area contributed by atoms with Crippen LogP contribution < -0.4 is 5.73 Å². The van der Waals surface area contributed by atoms with Gasteiger partial charge in [-0.3, -0.25) is 9.58 Å². The molecule has 1 atom stereocenters. The minimum atomic E-state index is -0.506. The molecule has 1 aromatic heterocycles. The van der Waals surface area contributed by atoms with Crippen molar-refractivity contribution in [2.24, 2.45) is 0 Å². The third-order valence-corrected chi connectivity index (χ3v) is 2.74. The molecule has 0 aliphatic rings. The van der Waals surface area contributed by atoms with E-state index in [1.54, 1.807) is 31.3 Å². The van der Waals surface area contributed by atoms with E-state index in [9.17, 15) is 5.11 Å². The van der Waals surface area contributed by atoms with Crippen LogP contribution in [0.1, 0.15) is 0 Å². The van der Waals surface area contributed by atoms with Crippen LogP contribution in [0, 0.1) is 0 Å². The van der Waals surface area contributed by atoms with Gasteiger partial charge in [-0.15, -0.1) is 0 Å². The summed E-state index contributed by atoms with van der Waals surface area (Å²) >= 11 is 0. The Morgan fingerprint density at radius 3 is 2.47 bits per heavy atom. The van der Waals surface area contributed by atoms with Gasteiger partial charge in [0.2, 0.25) is 0 Å². The van der Waals surface area contributed by atoms with Crippen molar-refractivity contribution < 1.29 is 14.6 Å². The van der Waals surface area contributed by atoms with Crippen molar-refractivity contribution in [1.82, 2.24) is 14.7 Å². The van der Waals surface area contributed by atoms with Gasteiger partial charge in [0.1, 0.15) is 0 Å². The molecule has 1 heterocycles. The van der Waals surface area contributed by atoms with Crippen LogP contribution in [-0.4, -0.2) is 73.0 Å². The number of rotatable bonds is 10. The molecule has 0 fully saturated rings. The van der Waals surface area contributed by atoms with E-state index in [2.05, 4.69) is 10.00 Å². The summed E-state index contributed by atoms with van der Waals surface area (Å²) in [4.78, 5) is 2.10. The second-order valence-corrected chi connectivity index (χ2v) is 4.44. The summed E-state index contributed by atoms with van der Waals surface area (Å²) in [6.07, 6.45) is 2.77. The quantitative estimate of drug-likeness (QED) is 0.593. The first-order valence-electron chi connectivity index (χ1n) is 6.32. The van der Waals surface area contributed by atoms with Crippen LogP contribution in [0.25, 0.3) is 0 Å². The second-order valence-electron chi connectivity index (χ2n) is 4.44. The van der Waals surface area contributed by atoms with E-state index >= 15 is 0 Å². The molecule has 1 rings (SSSR count). The highest BCUT2D eigenvalue weighted by molar-refractivity contribution is 5.30. The van der Waals surface area contributed by atoms with E-state index in [1.807, 2.05) is 0 Å². The maximum absolute atomic E-state index is 10.1. The maximum atomic E-state index is 10.1. The Balaban J connectivity index is 2.38. The molecule has 0 spiro atoms. The molecule has 0 amide bonds. The summed E-state index contributed by atoms with van der Waals surface area (Å²) < 4.78 is 11.8. The average Bonchev–Trinajstić information content (AvgIpc) is 2.78. The van der Waals surface area contributed by atoms with E-state index in [1.165, 1.54) is 0 Å². The fraction of sp³-hybridized carbons (Fsp3) is 0.750. The lowest BCUT2D eigenvalue weighted by Gasteiger charge is -2.24. The SMILES string of the molecule is COCCN(CCOC)CC(O)Cn1cc(N)cn1. The molecule has 110 valence electrons. The molecule has 19 heavy (non-hydrogen) atoms. The molecule has 0 bridgehead atoms. The van der Waals surface area contributed by atoms with Crippen LogP contribution in [0.5, 0.6) is 0 Å². The third kappa shape index (κ3) is 6.53. The van der Waals surface area contributed by atoms with Crippen LogP contribution in [0.2, 0.25) is 0 Å². The Hall–Kier alpha value is -1.15. The zero-order valence-corrected chi connectivity index (χ0v) is 11.7. The molecule has 0 radical (unpaired) electrons. The highest BCUT2D eigenvalue weighted by Gasteiger charge is 2.12. The van der Waals surface area contributed by atoms with Crippen LogP contribution in [0.4, 0.5) is 5.69 Å². The number of aromatic nitrogens is 2. The molecule has 1 aromatic rings. The lowest BCUT2D eigenvalue weighted by atomic mass is 10.3. The normalized spacial score (nSPS) is 13.1. The van der Waals surface area contributed by atoms with Crippen molar-refractivity contribution >= 4 is 5.69 Å². The standard InChI is InChI=1S/C12H24N4O3/c1-18-5-3-15(4-6-19-2)9-12(17)10-16-8-11(13)7-14-16/h7-8,12,17H,3-6,9-10,13H2,1-2H3. The van der Waals surface area contributed by atoms with Gasteiger partial charge in [0.25, 0.3) is 0 Å². The van der Waals surface area contributed by atoms with Crippen LogP contribution in [0.15, 0.2) is 12.4 Å². The minimum Gasteiger partial charge on any atom is -0.396 e. The van der Waals surface area contributed by atoms with E-state index in [0.29, 0.717) is 32.0 Å². The first-order valence-corrected chi connectivity index (χ1v) is 6.32. The molecular weight excluding hydrogens is 248 g/mol. The number of aliphatic hydroxyl groups excluding tert-OH is 1. The van der Waals surface area contributed by atoms with E-state index < -0.39 is 6.10 Å². The van der Waals surface area contributed by atoms with Gasteiger partial charge in [-0.2, -0.15) is 5.10 Å². The zero-order chi connectivity index (χ0) is 14.1. The van der Waals surface area contributed by atoms with Crippen molar-refractivity contribution in [3.63, 3.8) is 0 Å². The molecule has 1 unspecified atom stereocenters. The van der Waals surface area contributed by atoms with Gasteiger partial charge in [-0.1, -0.05) is 0 Å². The number of hydrogen-bond donors (Lipinski definition) is 2. The number of nitrogen functional groups attached to an aromatic ring is 1. The summed E-state index contributed by atoms with van der Waals surface area (Å²) in [6, 6.07) is 0. The average molecular weight is 272 g/mol. The van der Waals surface area contributed by atoms with Crippen molar-refractivity contribution in [1.29, 1.82) is 0 Å². The molecule has 7 heteroatoms. The number of anilines is 1. The molecule has 3 N–H and O–H groups in total. The predicted octanol–water partition coefficient (Wildman–Crippen LogP) is -0.579. The Labute approximate surface area is 113 Å². The van der Waals surface area contributed by atoms with Crippen molar-refractivity contribution in [3.05, 3.63) is 12.4 Å². The van der Waals surface area contributed by atoms with Gasteiger partial charge < -0.3 is 20.3 Å². The molecule has 0 aromatic carbocycles. The largest absolute Gasteiger partial charge is 0.396 e. The van der Waals surface area contributed by atoms with Gasteiger partial charge in [-0.05, 0) is 0 Å². The van der Waals surface area contributed by atoms with E-state index in [4.69, 9.17) is 15.2 Å². The predicted molar refractivity (Wildman–Crippen MR) is 72.8 cm³/mol. The summed E-state index contributed by atoms with van der Waals surface area (Å²) in [7, 11) is 3.33.